The lowest BCUT2D eigenvalue weighted by atomic mass is 9.82. The summed E-state index contributed by atoms with van der Waals surface area (Å²) in [7, 11) is 4.28. The quantitative estimate of drug-likeness (QED) is 0.637. The van der Waals surface area contributed by atoms with Crippen LogP contribution in [0.1, 0.15) is 40.0 Å². The summed E-state index contributed by atoms with van der Waals surface area (Å²) in [6.45, 7) is 12.2. The zero-order chi connectivity index (χ0) is 13.3. The Morgan fingerprint density at radius 1 is 0.941 bits per heavy atom. The van der Waals surface area contributed by atoms with Crippen LogP contribution in [0.25, 0.3) is 0 Å². The lowest BCUT2D eigenvalue weighted by molar-refractivity contribution is 0.135. The highest BCUT2D eigenvalue weighted by molar-refractivity contribution is 4.81. The maximum atomic E-state index is 5.99. The van der Waals surface area contributed by atoms with Crippen molar-refractivity contribution in [2.45, 2.75) is 40.0 Å². The summed E-state index contributed by atoms with van der Waals surface area (Å²) in [5.41, 5.74) is 6.31. The Labute approximate surface area is 108 Å². The minimum Gasteiger partial charge on any atom is -0.330 e. The number of hydrogen-bond donors (Lipinski definition) is 1. The fraction of sp³-hybridized carbons (Fsp3) is 1.00. The van der Waals surface area contributed by atoms with E-state index < -0.39 is 0 Å². The molecule has 3 heteroatoms. The molecule has 0 aliphatic carbocycles. The predicted molar refractivity (Wildman–Crippen MR) is 77.4 cm³/mol. The summed E-state index contributed by atoms with van der Waals surface area (Å²) in [6.07, 6.45) is 3.59. The summed E-state index contributed by atoms with van der Waals surface area (Å²) in [5.74, 6) is 0. The highest BCUT2D eigenvalue weighted by atomic mass is 15.2. The molecule has 3 nitrogen and oxygen atoms in total. The molecule has 0 bridgehead atoms. The summed E-state index contributed by atoms with van der Waals surface area (Å²) < 4.78 is 0. The molecule has 0 spiro atoms. The molecule has 0 fully saturated rings. The van der Waals surface area contributed by atoms with E-state index in [1.165, 1.54) is 25.8 Å². The van der Waals surface area contributed by atoms with Gasteiger partial charge in [-0.3, -0.25) is 0 Å². The third kappa shape index (κ3) is 6.39. The van der Waals surface area contributed by atoms with E-state index in [0.717, 1.165) is 26.2 Å². The number of hydrogen-bond acceptors (Lipinski definition) is 3. The van der Waals surface area contributed by atoms with Crippen LogP contribution in [0.2, 0.25) is 0 Å². The van der Waals surface area contributed by atoms with Crippen molar-refractivity contribution in [2.75, 3.05) is 46.8 Å². The van der Waals surface area contributed by atoms with Crippen LogP contribution in [-0.2, 0) is 0 Å². The van der Waals surface area contributed by atoms with E-state index in [2.05, 4.69) is 44.7 Å². The van der Waals surface area contributed by atoms with Crippen LogP contribution < -0.4 is 5.73 Å². The standard InChI is InChI=1S/C14H33N3/c1-6-9-17(11-10-16(4)5)13-14(7-2,8-3)12-15/h6-13,15H2,1-5H3. The van der Waals surface area contributed by atoms with Gasteiger partial charge in [0.05, 0.1) is 0 Å². The molecule has 0 rings (SSSR count). The Balaban J connectivity index is 4.38. The first-order valence-corrected chi connectivity index (χ1v) is 7.10. The van der Waals surface area contributed by atoms with Crippen LogP contribution in [0.5, 0.6) is 0 Å². The smallest absolute Gasteiger partial charge is 0.0109 e. The van der Waals surface area contributed by atoms with E-state index in [1.54, 1.807) is 0 Å². The first kappa shape index (κ1) is 16.9. The largest absolute Gasteiger partial charge is 0.330 e. The van der Waals surface area contributed by atoms with Gasteiger partial charge in [0.15, 0.2) is 0 Å². The fourth-order valence-corrected chi connectivity index (χ4v) is 2.23. The van der Waals surface area contributed by atoms with Crippen LogP contribution in [0.3, 0.4) is 0 Å². The Hall–Kier alpha value is -0.120. The molecule has 0 saturated carbocycles. The Morgan fingerprint density at radius 3 is 1.88 bits per heavy atom. The summed E-state index contributed by atoms with van der Waals surface area (Å²) in [5, 5.41) is 0. The lowest BCUT2D eigenvalue weighted by Gasteiger charge is -2.36. The van der Waals surface area contributed by atoms with E-state index in [1.807, 2.05) is 0 Å². The van der Waals surface area contributed by atoms with Crippen LogP contribution in [-0.4, -0.2) is 56.6 Å². The van der Waals surface area contributed by atoms with E-state index in [0.29, 0.717) is 5.41 Å². The Morgan fingerprint density at radius 2 is 1.53 bits per heavy atom. The second-order valence-corrected chi connectivity index (χ2v) is 5.49. The molecular weight excluding hydrogens is 210 g/mol. The molecule has 0 amide bonds. The summed E-state index contributed by atoms with van der Waals surface area (Å²) in [4.78, 5) is 4.84. The van der Waals surface area contributed by atoms with Gasteiger partial charge in [0.25, 0.3) is 0 Å². The van der Waals surface area contributed by atoms with Gasteiger partial charge >= 0.3 is 0 Å². The van der Waals surface area contributed by atoms with Gasteiger partial charge in [-0.25, -0.2) is 0 Å². The first-order valence-electron chi connectivity index (χ1n) is 7.10. The molecule has 0 aliphatic heterocycles. The van der Waals surface area contributed by atoms with Crippen molar-refractivity contribution in [3.05, 3.63) is 0 Å². The molecule has 104 valence electrons. The van der Waals surface area contributed by atoms with Gasteiger partial charge in [-0.15, -0.1) is 0 Å². The Bertz CT molecular complexity index is 168. The summed E-state index contributed by atoms with van der Waals surface area (Å²) in [6, 6.07) is 0. The van der Waals surface area contributed by atoms with Gasteiger partial charge in [-0.2, -0.15) is 0 Å². The SMILES string of the molecule is CCCN(CCN(C)C)CC(CC)(CC)CN. The van der Waals surface area contributed by atoms with Crippen LogP contribution in [0.4, 0.5) is 0 Å². The van der Waals surface area contributed by atoms with Crippen molar-refractivity contribution in [1.29, 1.82) is 0 Å². The maximum Gasteiger partial charge on any atom is 0.0109 e. The van der Waals surface area contributed by atoms with Crippen molar-refractivity contribution in [3.8, 4) is 0 Å². The minimum absolute atomic E-state index is 0.321. The minimum atomic E-state index is 0.321. The van der Waals surface area contributed by atoms with Crippen molar-refractivity contribution in [3.63, 3.8) is 0 Å². The van der Waals surface area contributed by atoms with Crippen molar-refractivity contribution >= 4 is 0 Å². The highest BCUT2D eigenvalue weighted by Crippen LogP contribution is 2.26. The van der Waals surface area contributed by atoms with E-state index in [4.69, 9.17) is 5.73 Å². The zero-order valence-electron chi connectivity index (χ0n) is 12.6. The van der Waals surface area contributed by atoms with Gasteiger partial charge in [0.2, 0.25) is 0 Å². The molecule has 17 heavy (non-hydrogen) atoms. The normalized spacial score (nSPS) is 12.7. The molecule has 0 unspecified atom stereocenters. The van der Waals surface area contributed by atoms with Crippen LogP contribution in [0.15, 0.2) is 0 Å². The average Bonchev–Trinajstić information content (AvgIpc) is 2.33. The van der Waals surface area contributed by atoms with Gasteiger partial charge in [0.1, 0.15) is 0 Å². The van der Waals surface area contributed by atoms with E-state index >= 15 is 0 Å². The van der Waals surface area contributed by atoms with Crippen molar-refractivity contribution in [1.82, 2.24) is 9.80 Å². The molecule has 2 N–H and O–H groups in total. The number of nitrogens with zero attached hydrogens (tertiary/aromatic N) is 2. The third-order valence-electron chi connectivity index (χ3n) is 3.90. The Kier molecular flexibility index (Phi) is 8.83. The maximum absolute atomic E-state index is 5.99. The predicted octanol–water partition coefficient (Wildman–Crippen LogP) is 2.03. The fourth-order valence-electron chi connectivity index (χ4n) is 2.23. The van der Waals surface area contributed by atoms with Gasteiger partial charge in [-0.1, -0.05) is 20.8 Å². The molecular formula is C14H33N3. The zero-order valence-corrected chi connectivity index (χ0v) is 12.6. The second kappa shape index (κ2) is 8.90. The number of rotatable bonds is 10. The average molecular weight is 243 g/mol. The molecule has 0 aromatic rings. The monoisotopic (exact) mass is 243 g/mol. The second-order valence-electron chi connectivity index (χ2n) is 5.49. The van der Waals surface area contributed by atoms with Gasteiger partial charge in [0, 0.05) is 19.6 Å². The molecule has 0 aliphatic rings. The number of likely N-dealkylation sites (N-methyl/N-ethyl adjacent to an activating group) is 1. The molecule has 0 aromatic heterocycles. The molecule has 0 atom stereocenters. The molecule has 0 radical (unpaired) electrons. The van der Waals surface area contributed by atoms with Gasteiger partial charge in [-0.05, 0) is 51.9 Å². The summed E-state index contributed by atoms with van der Waals surface area (Å²) >= 11 is 0. The van der Waals surface area contributed by atoms with E-state index in [-0.39, 0.29) is 0 Å². The van der Waals surface area contributed by atoms with Crippen molar-refractivity contribution in [2.24, 2.45) is 11.1 Å². The van der Waals surface area contributed by atoms with Crippen molar-refractivity contribution < 1.29 is 0 Å². The molecule has 0 saturated heterocycles. The van der Waals surface area contributed by atoms with E-state index in [9.17, 15) is 0 Å². The molecule has 0 heterocycles. The lowest BCUT2D eigenvalue weighted by Crippen LogP contribution is -2.44. The van der Waals surface area contributed by atoms with Crippen LogP contribution >= 0.6 is 0 Å². The first-order chi connectivity index (χ1) is 8.03. The molecule has 0 aromatic carbocycles. The van der Waals surface area contributed by atoms with Gasteiger partial charge < -0.3 is 15.5 Å². The number of nitrogens with two attached hydrogens (primary N) is 1. The third-order valence-corrected chi connectivity index (χ3v) is 3.90. The van der Waals surface area contributed by atoms with Crippen LogP contribution in [0, 0.1) is 5.41 Å². The highest BCUT2D eigenvalue weighted by Gasteiger charge is 2.26. The topological polar surface area (TPSA) is 32.5 Å².